The molecule has 6 nitrogen and oxygen atoms in total. The number of carbonyl (C=O) groups excluding carboxylic acids is 1. The summed E-state index contributed by atoms with van der Waals surface area (Å²) < 4.78 is 5.42. The molecule has 6 heteroatoms. The van der Waals surface area contributed by atoms with Crippen LogP contribution in [-0.4, -0.2) is 65.2 Å². The van der Waals surface area contributed by atoms with Gasteiger partial charge in [0.15, 0.2) is 0 Å². The minimum Gasteiger partial charge on any atom is -0.508 e. The molecule has 3 aromatic rings. The van der Waals surface area contributed by atoms with E-state index in [9.17, 15) is 9.90 Å². The number of ether oxygens (including phenoxy) is 1. The first kappa shape index (κ1) is 19.2. The van der Waals surface area contributed by atoms with Crippen LogP contribution in [0.25, 0.3) is 10.9 Å². The van der Waals surface area contributed by atoms with Gasteiger partial charge in [0.05, 0.1) is 25.8 Å². The number of aromatic hydroxyl groups is 1. The number of aromatic nitrogens is 1. The summed E-state index contributed by atoms with van der Waals surface area (Å²) in [6.45, 7) is 6.08. The van der Waals surface area contributed by atoms with E-state index < -0.39 is 0 Å². The van der Waals surface area contributed by atoms with Gasteiger partial charge < -0.3 is 19.7 Å². The molecule has 1 amide bonds. The molecule has 2 aliphatic rings. The van der Waals surface area contributed by atoms with E-state index in [2.05, 4.69) is 35.0 Å². The number of benzene rings is 2. The van der Waals surface area contributed by atoms with E-state index in [-0.39, 0.29) is 17.7 Å². The first-order valence-electron chi connectivity index (χ1n) is 10.6. The number of nitrogens with one attached hydrogen (secondary N) is 1. The number of aromatic amines is 1. The average molecular weight is 405 g/mol. The van der Waals surface area contributed by atoms with E-state index in [1.54, 1.807) is 12.1 Å². The molecule has 1 aromatic heterocycles. The molecule has 1 saturated heterocycles. The minimum atomic E-state index is -0.234. The minimum absolute atomic E-state index is 0.116. The van der Waals surface area contributed by atoms with Gasteiger partial charge in [-0.2, -0.15) is 0 Å². The molecule has 2 aliphatic heterocycles. The molecule has 5 rings (SSSR count). The predicted octanol–water partition coefficient (Wildman–Crippen LogP) is 2.99. The number of fused-ring (bicyclic) bond motifs is 3. The largest absolute Gasteiger partial charge is 0.508 e. The summed E-state index contributed by atoms with van der Waals surface area (Å²) in [5.41, 5.74) is 5.58. The maximum Gasteiger partial charge on any atom is 0.237 e. The SMILES string of the molecule is Cc1ccc2[nH]c3c(c2c1)CCN(C(=O)CN1CCOCC1)C3c1cccc(O)c1. The Morgan fingerprint density at radius 1 is 1.17 bits per heavy atom. The van der Waals surface area contributed by atoms with Crippen LogP contribution >= 0.6 is 0 Å². The highest BCUT2D eigenvalue weighted by Gasteiger charge is 2.35. The lowest BCUT2D eigenvalue weighted by atomic mass is 9.92. The number of amides is 1. The number of aryl methyl sites for hydroxylation is 1. The summed E-state index contributed by atoms with van der Waals surface area (Å²) in [5, 5.41) is 11.3. The number of hydrogen-bond acceptors (Lipinski definition) is 4. The maximum absolute atomic E-state index is 13.4. The average Bonchev–Trinajstić information content (AvgIpc) is 3.11. The molecule has 0 saturated carbocycles. The van der Waals surface area contributed by atoms with Gasteiger partial charge >= 0.3 is 0 Å². The zero-order valence-corrected chi connectivity index (χ0v) is 17.2. The molecule has 156 valence electrons. The van der Waals surface area contributed by atoms with Crippen LogP contribution in [0, 0.1) is 6.92 Å². The highest BCUT2D eigenvalue weighted by molar-refractivity contribution is 5.87. The van der Waals surface area contributed by atoms with Gasteiger partial charge in [-0.3, -0.25) is 9.69 Å². The molecule has 1 unspecified atom stereocenters. The molecule has 2 aromatic carbocycles. The van der Waals surface area contributed by atoms with Gasteiger partial charge in [0.2, 0.25) is 5.91 Å². The Bertz CT molecular complexity index is 1080. The van der Waals surface area contributed by atoms with E-state index in [0.717, 1.165) is 36.3 Å². The number of rotatable bonds is 3. The van der Waals surface area contributed by atoms with Crippen molar-refractivity contribution in [3.8, 4) is 5.75 Å². The van der Waals surface area contributed by atoms with E-state index >= 15 is 0 Å². The number of hydrogen-bond donors (Lipinski definition) is 2. The smallest absolute Gasteiger partial charge is 0.237 e. The number of carbonyl (C=O) groups is 1. The van der Waals surface area contributed by atoms with Crippen molar-refractivity contribution in [1.29, 1.82) is 0 Å². The number of morpholine rings is 1. The van der Waals surface area contributed by atoms with Gasteiger partial charge in [0, 0.05) is 36.2 Å². The van der Waals surface area contributed by atoms with Crippen molar-refractivity contribution in [2.45, 2.75) is 19.4 Å². The number of H-pyrrole nitrogens is 1. The molecule has 1 fully saturated rings. The van der Waals surface area contributed by atoms with Gasteiger partial charge in [0.1, 0.15) is 5.75 Å². The third-order valence-electron chi connectivity index (χ3n) is 6.25. The second-order valence-corrected chi connectivity index (χ2v) is 8.29. The third-order valence-corrected chi connectivity index (χ3v) is 6.25. The molecule has 0 spiro atoms. The second kappa shape index (κ2) is 7.78. The Balaban J connectivity index is 1.56. The summed E-state index contributed by atoms with van der Waals surface area (Å²) in [4.78, 5) is 21.1. The lowest BCUT2D eigenvalue weighted by Crippen LogP contribution is -2.48. The van der Waals surface area contributed by atoms with E-state index in [1.807, 2.05) is 17.0 Å². The Kier molecular flexibility index (Phi) is 4.97. The predicted molar refractivity (Wildman–Crippen MR) is 116 cm³/mol. The van der Waals surface area contributed by atoms with Crippen molar-refractivity contribution in [1.82, 2.24) is 14.8 Å². The first-order chi connectivity index (χ1) is 14.6. The standard InChI is InChI=1S/C24H27N3O3/c1-16-5-6-21-20(13-16)19-7-8-27(22(29)15-26-9-11-30-12-10-26)24(23(19)25-21)17-3-2-4-18(28)14-17/h2-6,13-14,24-25,28H,7-12,15H2,1H3. The summed E-state index contributed by atoms with van der Waals surface area (Å²) in [5.74, 6) is 0.331. The Labute approximate surface area is 176 Å². The quantitative estimate of drug-likeness (QED) is 0.703. The molecule has 2 N–H and O–H groups in total. The van der Waals surface area contributed by atoms with Crippen molar-refractivity contribution < 1.29 is 14.6 Å². The van der Waals surface area contributed by atoms with Crippen molar-refractivity contribution in [2.75, 3.05) is 39.4 Å². The Hall–Kier alpha value is -2.83. The van der Waals surface area contributed by atoms with Gasteiger partial charge in [-0.25, -0.2) is 0 Å². The van der Waals surface area contributed by atoms with Crippen LogP contribution in [0.4, 0.5) is 0 Å². The van der Waals surface area contributed by atoms with E-state index in [0.29, 0.717) is 26.3 Å². The van der Waals surface area contributed by atoms with Crippen LogP contribution in [0.15, 0.2) is 42.5 Å². The number of phenolic OH excluding ortho intramolecular Hbond substituents is 1. The lowest BCUT2D eigenvalue weighted by molar-refractivity contribution is -0.135. The van der Waals surface area contributed by atoms with Crippen LogP contribution in [0.2, 0.25) is 0 Å². The topological polar surface area (TPSA) is 68.8 Å². The molecular formula is C24H27N3O3. The fourth-order valence-corrected chi connectivity index (χ4v) is 4.75. The van der Waals surface area contributed by atoms with Crippen LogP contribution in [0.3, 0.4) is 0 Å². The molecule has 30 heavy (non-hydrogen) atoms. The number of phenols is 1. The normalized spacial score (nSPS) is 19.8. The van der Waals surface area contributed by atoms with E-state index in [4.69, 9.17) is 4.74 Å². The summed E-state index contributed by atoms with van der Waals surface area (Å²) in [6.07, 6.45) is 0.822. The fraction of sp³-hybridized carbons (Fsp3) is 0.375. The molecule has 1 atom stereocenters. The lowest BCUT2D eigenvalue weighted by Gasteiger charge is -2.38. The molecule has 0 radical (unpaired) electrons. The van der Waals surface area contributed by atoms with Crippen molar-refractivity contribution in [3.63, 3.8) is 0 Å². The molecule has 0 aliphatic carbocycles. The highest BCUT2D eigenvalue weighted by atomic mass is 16.5. The molecule has 0 bridgehead atoms. The Morgan fingerprint density at radius 2 is 2.00 bits per heavy atom. The van der Waals surface area contributed by atoms with Crippen LogP contribution in [0.5, 0.6) is 5.75 Å². The van der Waals surface area contributed by atoms with Crippen molar-refractivity contribution in [3.05, 3.63) is 64.8 Å². The fourth-order valence-electron chi connectivity index (χ4n) is 4.75. The van der Waals surface area contributed by atoms with Crippen molar-refractivity contribution >= 4 is 16.8 Å². The van der Waals surface area contributed by atoms with Gasteiger partial charge in [-0.15, -0.1) is 0 Å². The van der Waals surface area contributed by atoms with Crippen LogP contribution in [-0.2, 0) is 16.0 Å². The highest BCUT2D eigenvalue weighted by Crippen LogP contribution is 2.39. The van der Waals surface area contributed by atoms with Gasteiger partial charge in [-0.05, 0) is 48.7 Å². The molecule has 3 heterocycles. The first-order valence-corrected chi connectivity index (χ1v) is 10.6. The molecular weight excluding hydrogens is 378 g/mol. The maximum atomic E-state index is 13.4. The van der Waals surface area contributed by atoms with Gasteiger partial charge in [-0.1, -0.05) is 23.8 Å². The summed E-state index contributed by atoms with van der Waals surface area (Å²) >= 11 is 0. The third kappa shape index (κ3) is 3.46. The monoisotopic (exact) mass is 405 g/mol. The summed E-state index contributed by atoms with van der Waals surface area (Å²) in [7, 11) is 0. The van der Waals surface area contributed by atoms with Crippen molar-refractivity contribution in [2.24, 2.45) is 0 Å². The van der Waals surface area contributed by atoms with Crippen LogP contribution < -0.4 is 0 Å². The van der Waals surface area contributed by atoms with Gasteiger partial charge in [0.25, 0.3) is 0 Å². The van der Waals surface area contributed by atoms with Crippen LogP contribution in [0.1, 0.15) is 28.4 Å². The zero-order valence-electron chi connectivity index (χ0n) is 17.2. The zero-order chi connectivity index (χ0) is 20.7. The summed E-state index contributed by atoms with van der Waals surface area (Å²) in [6, 6.07) is 13.5. The number of nitrogens with zero attached hydrogens (tertiary/aromatic N) is 2. The van der Waals surface area contributed by atoms with E-state index in [1.165, 1.54) is 16.5 Å². The Morgan fingerprint density at radius 3 is 2.80 bits per heavy atom. The second-order valence-electron chi connectivity index (χ2n) is 8.29.